The summed E-state index contributed by atoms with van der Waals surface area (Å²) in [6.45, 7) is 0. The predicted molar refractivity (Wildman–Crippen MR) is 104 cm³/mol. The van der Waals surface area contributed by atoms with Gasteiger partial charge in [-0.05, 0) is 55.0 Å². The maximum absolute atomic E-state index is 12.3. The number of hydrogen-bond donors (Lipinski definition) is 2. The summed E-state index contributed by atoms with van der Waals surface area (Å²) in [7, 11) is 0. The molecule has 1 aliphatic rings. The van der Waals surface area contributed by atoms with Crippen LogP contribution in [-0.4, -0.2) is 24.1 Å². The van der Waals surface area contributed by atoms with E-state index in [4.69, 9.17) is 11.6 Å². The van der Waals surface area contributed by atoms with Crippen molar-refractivity contribution in [2.24, 2.45) is 0 Å². The van der Waals surface area contributed by atoms with Crippen molar-refractivity contribution >= 4 is 40.9 Å². The van der Waals surface area contributed by atoms with Crippen LogP contribution < -0.4 is 10.6 Å². The number of carbonyl (C=O) groups excluding carboxylic acids is 2. The van der Waals surface area contributed by atoms with Crippen LogP contribution in [0.1, 0.15) is 39.1 Å². The molecule has 0 unspecified atom stereocenters. The molecule has 2 N–H and O–H groups in total. The fraction of sp³-hybridized carbons (Fsp3) is 0.263. The van der Waals surface area contributed by atoms with Gasteiger partial charge in [0, 0.05) is 23.0 Å². The maximum Gasteiger partial charge on any atom is 0.255 e. The minimum atomic E-state index is -0.207. The Morgan fingerprint density at radius 1 is 1.12 bits per heavy atom. The molecule has 3 rings (SSSR count). The van der Waals surface area contributed by atoms with E-state index in [2.05, 4.69) is 10.6 Å². The first-order valence-corrected chi connectivity index (χ1v) is 9.83. The topological polar surface area (TPSA) is 58.2 Å². The van der Waals surface area contributed by atoms with Gasteiger partial charge in [0.25, 0.3) is 11.8 Å². The van der Waals surface area contributed by atoms with Crippen LogP contribution in [0.15, 0.2) is 42.5 Å². The zero-order valence-corrected chi connectivity index (χ0v) is 15.4. The molecule has 0 heterocycles. The van der Waals surface area contributed by atoms with Crippen molar-refractivity contribution in [3.63, 3.8) is 0 Å². The summed E-state index contributed by atoms with van der Waals surface area (Å²) in [6, 6.07) is 12.7. The highest BCUT2D eigenvalue weighted by Gasteiger charge is 2.24. The molecule has 25 heavy (non-hydrogen) atoms. The molecular formula is C19H19ClN2O2S. The summed E-state index contributed by atoms with van der Waals surface area (Å²) in [5.74, 6) is 0.540. The summed E-state index contributed by atoms with van der Waals surface area (Å²) >= 11 is 7.94. The van der Waals surface area contributed by atoms with Crippen molar-refractivity contribution in [1.29, 1.82) is 0 Å². The van der Waals surface area contributed by atoms with Gasteiger partial charge in [0.2, 0.25) is 0 Å². The summed E-state index contributed by atoms with van der Waals surface area (Å²) in [4.78, 5) is 24.4. The molecule has 0 radical (unpaired) electrons. The van der Waals surface area contributed by atoms with Crippen molar-refractivity contribution < 1.29 is 9.59 Å². The van der Waals surface area contributed by atoms with Crippen LogP contribution in [0.4, 0.5) is 5.69 Å². The van der Waals surface area contributed by atoms with Crippen molar-refractivity contribution in [3.8, 4) is 0 Å². The number of nitrogens with one attached hydrogen (secondary N) is 2. The van der Waals surface area contributed by atoms with E-state index in [0.29, 0.717) is 21.8 Å². The SMILES string of the molecule is CSCc1ccc(C(=O)Nc2ccc(C(=O)NC3CC3)c(Cl)c2)cc1. The Bertz CT molecular complexity index is 789. The van der Waals surface area contributed by atoms with E-state index in [1.807, 2.05) is 18.4 Å². The molecule has 130 valence electrons. The predicted octanol–water partition coefficient (Wildman–Crippen LogP) is 4.35. The molecule has 1 saturated carbocycles. The average molecular weight is 375 g/mol. The van der Waals surface area contributed by atoms with Gasteiger partial charge in [-0.2, -0.15) is 11.8 Å². The molecule has 0 bridgehead atoms. The average Bonchev–Trinajstić information content (AvgIpc) is 3.39. The quantitative estimate of drug-likeness (QED) is 0.790. The fourth-order valence-corrected chi connectivity index (χ4v) is 3.18. The number of benzene rings is 2. The van der Waals surface area contributed by atoms with Crippen molar-refractivity contribution in [2.75, 3.05) is 11.6 Å². The molecule has 1 aliphatic carbocycles. The van der Waals surface area contributed by atoms with Crippen LogP contribution in [0.2, 0.25) is 5.02 Å². The van der Waals surface area contributed by atoms with E-state index < -0.39 is 0 Å². The lowest BCUT2D eigenvalue weighted by atomic mass is 10.1. The Labute approximate surface area is 156 Å². The van der Waals surface area contributed by atoms with Gasteiger partial charge in [0.05, 0.1) is 10.6 Å². The maximum atomic E-state index is 12.3. The molecule has 4 nitrogen and oxygen atoms in total. The van der Waals surface area contributed by atoms with Gasteiger partial charge >= 0.3 is 0 Å². The number of anilines is 1. The Morgan fingerprint density at radius 3 is 2.44 bits per heavy atom. The second-order valence-electron chi connectivity index (χ2n) is 6.03. The molecule has 6 heteroatoms. The lowest BCUT2D eigenvalue weighted by molar-refractivity contribution is 0.0950. The third kappa shape index (κ3) is 4.77. The Balaban J connectivity index is 1.66. The van der Waals surface area contributed by atoms with E-state index in [1.165, 1.54) is 5.56 Å². The third-order valence-corrected chi connectivity index (χ3v) is 4.85. The molecule has 0 spiro atoms. The summed E-state index contributed by atoms with van der Waals surface area (Å²) in [5.41, 5.74) is 2.74. The molecule has 0 aliphatic heterocycles. The normalized spacial score (nSPS) is 13.4. The van der Waals surface area contributed by atoms with E-state index in [9.17, 15) is 9.59 Å². The minimum absolute atomic E-state index is 0.172. The first-order valence-electron chi connectivity index (χ1n) is 8.06. The molecule has 2 aromatic rings. The Morgan fingerprint density at radius 2 is 1.84 bits per heavy atom. The van der Waals surface area contributed by atoms with E-state index in [-0.39, 0.29) is 17.9 Å². The van der Waals surface area contributed by atoms with Crippen LogP contribution in [0.3, 0.4) is 0 Å². The fourth-order valence-electron chi connectivity index (χ4n) is 2.39. The molecular weight excluding hydrogens is 356 g/mol. The van der Waals surface area contributed by atoms with E-state index >= 15 is 0 Å². The van der Waals surface area contributed by atoms with Gasteiger partial charge in [-0.25, -0.2) is 0 Å². The van der Waals surface area contributed by atoms with E-state index in [1.54, 1.807) is 42.1 Å². The van der Waals surface area contributed by atoms with Gasteiger partial charge in [-0.1, -0.05) is 23.7 Å². The molecule has 1 fully saturated rings. The van der Waals surface area contributed by atoms with Gasteiger partial charge in [0.15, 0.2) is 0 Å². The van der Waals surface area contributed by atoms with Crippen molar-refractivity contribution in [2.45, 2.75) is 24.6 Å². The van der Waals surface area contributed by atoms with Crippen LogP contribution in [-0.2, 0) is 5.75 Å². The van der Waals surface area contributed by atoms with Gasteiger partial charge < -0.3 is 10.6 Å². The molecule has 0 atom stereocenters. The number of halogens is 1. The monoisotopic (exact) mass is 374 g/mol. The van der Waals surface area contributed by atoms with Crippen LogP contribution in [0.5, 0.6) is 0 Å². The first-order chi connectivity index (χ1) is 12.1. The van der Waals surface area contributed by atoms with Crippen molar-refractivity contribution in [1.82, 2.24) is 5.32 Å². The number of hydrogen-bond acceptors (Lipinski definition) is 3. The number of rotatable bonds is 6. The van der Waals surface area contributed by atoms with E-state index in [0.717, 1.165) is 18.6 Å². The van der Waals surface area contributed by atoms with Crippen molar-refractivity contribution in [3.05, 3.63) is 64.2 Å². The molecule has 2 aromatic carbocycles. The van der Waals surface area contributed by atoms with Crippen LogP contribution in [0, 0.1) is 0 Å². The highest BCUT2D eigenvalue weighted by atomic mass is 35.5. The second kappa shape index (κ2) is 7.93. The lowest BCUT2D eigenvalue weighted by Gasteiger charge is -2.09. The largest absolute Gasteiger partial charge is 0.349 e. The summed E-state index contributed by atoms with van der Waals surface area (Å²) in [5, 5.41) is 6.03. The zero-order chi connectivity index (χ0) is 17.8. The highest BCUT2D eigenvalue weighted by molar-refractivity contribution is 7.97. The standard InChI is InChI=1S/C19H19ClN2O2S/c1-25-11-12-2-4-13(5-3-12)18(23)22-15-8-9-16(17(20)10-15)19(24)21-14-6-7-14/h2-5,8-10,14H,6-7,11H2,1H3,(H,21,24)(H,22,23). The molecule has 0 aromatic heterocycles. The lowest BCUT2D eigenvalue weighted by Crippen LogP contribution is -2.25. The zero-order valence-electron chi connectivity index (χ0n) is 13.8. The van der Waals surface area contributed by atoms with Gasteiger partial charge in [-0.3, -0.25) is 9.59 Å². The number of thioether (sulfide) groups is 1. The van der Waals surface area contributed by atoms with Gasteiger partial charge in [-0.15, -0.1) is 0 Å². The molecule has 0 saturated heterocycles. The summed E-state index contributed by atoms with van der Waals surface area (Å²) < 4.78 is 0. The smallest absolute Gasteiger partial charge is 0.255 e. The minimum Gasteiger partial charge on any atom is -0.349 e. The van der Waals surface area contributed by atoms with Gasteiger partial charge in [0.1, 0.15) is 0 Å². The third-order valence-electron chi connectivity index (χ3n) is 3.91. The molecule has 2 amide bonds. The number of amides is 2. The Hall–Kier alpha value is -1.98. The van der Waals surface area contributed by atoms with Crippen LogP contribution in [0.25, 0.3) is 0 Å². The number of carbonyl (C=O) groups is 2. The first kappa shape index (κ1) is 17.8. The van der Waals surface area contributed by atoms with Crippen LogP contribution >= 0.6 is 23.4 Å². The second-order valence-corrected chi connectivity index (χ2v) is 7.30. The highest BCUT2D eigenvalue weighted by Crippen LogP contribution is 2.24. The Kier molecular flexibility index (Phi) is 5.66. The summed E-state index contributed by atoms with van der Waals surface area (Å²) in [6.07, 6.45) is 4.08.